The number of hydrogen-bond donors (Lipinski definition) is 1. The maximum atomic E-state index is 13.2. The van der Waals surface area contributed by atoms with Gasteiger partial charge in [0.2, 0.25) is 0 Å². The second-order valence-electron chi connectivity index (χ2n) is 4.17. The summed E-state index contributed by atoms with van der Waals surface area (Å²) in [5.74, 6) is 1.17. The maximum Gasteiger partial charge on any atom is 0.145 e. The molecule has 0 spiro atoms. The highest BCUT2D eigenvalue weighted by Crippen LogP contribution is 2.29. The third-order valence-electron chi connectivity index (χ3n) is 2.88. The summed E-state index contributed by atoms with van der Waals surface area (Å²) in [6.45, 7) is 0.571. The average molecular weight is 340 g/mol. The maximum absolute atomic E-state index is 13.2. The Kier molecular flexibility index (Phi) is 4.84. The number of hydrogen-bond acceptors (Lipinski definition) is 3. The summed E-state index contributed by atoms with van der Waals surface area (Å²) in [5.41, 5.74) is 1.82. The van der Waals surface area contributed by atoms with E-state index in [1.807, 2.05) is 18.2 Å². The number of benzene rings is 2. The molecule has 0 saturated heterocycles. The van der Waals surface area contributed by atoms with Crippen molar-refractivity contribution < 1.29 is 13.9 Å². The van der Waals surface area contributed by atoms with Crippen molar-refractivity contribution in [2.45, 2.75) is 6.54 Å². The third kappa shape index (κ3) is 3.42. The second-order valence-corrected chi connectivity index (χ2v) is 5.02. The number of nitrogens with one attached hydrogen (secondary N) is 1. The molecule has 0 saturated carbocycles. The first-order valence-electron chi connectivity index (χ1n) is 6.04. The zero-order valence-electron chi connectivity index (χ0n) is 11.2. The van der Waals surface area contributed by atoms with Crippen molar-refractivity contribution in [3.63, 3.8) is 0 Å². The van der Waals surface area contributed by atoms with Crippen LogP contribution in [0.4, 0.5) is 10.1 Å². The molecular weight excluding hydrogens is 325 g/mol. The predicted octanol–water partition coefficient (Wildman–Crippen LogP) is 4.22. The van der Waals surface area contributed by atoms with E-state index in [0.29, 0.717) is 16.8 Å². The smallest absolute Gasteiger partial charge is 0.145 e. The van der Waals surface area contributed by atoms with Gasteiger partial charge < -0.3 is 14.8 Å². The van der Waals surface area contributed by atoms with E-state index in [-0.39, 0.29) is 5.82 Å². The normalized spacial score (nSPS) is 10.2. The number of methoxy groups -OCH3 is 2. The fourth-order valence-electron chi connectivity index (χ4n) is 1.79. The molecule has 0 atom stereocenters. The summed E-state index contributed by atoms with van der Waals surface area (Å²) < 4.78 is 24.1. The molecule has 3 nitrogen and oxygen atoms in total. The lowest BCUT2D eigenvalue weighted by molar-refractivity contribution is 0.395. The molecule has 0 fully saturated rings. The molecule has 20 heavy (non-hydrogen) atoms. The summed E-state index contributed by atoms with van der Waals surface area (Å²) >= 11 is 3.18. The molecule has 0 radical (unpaired) electrons. The van der Waals surface area contributed by atoms with Gasteiger partial charge in [0.05, 0.1) is 24.4 Å². The highest BCUT2D eigenvalue weighted by molar-refractivity contribution is 9.10. The van der Waals surface area contributed by atoms with Crippen LogP contribution in [-0.4, -0.2) is 14.2 Å². The van der Waals surface area contributed by atoms with Crippen LogP contribution < -0.4 is 14.8 Å². The molecule has 2 aromatic rings. The fraction of sp³-hybridized carbons (Fsp3) is 0.200. The lowest BCUT2D eigenvalue weighted by Crippen LogP contribution is -2.02. The minimum absolute atomic E-state index is 0.268. The Morgan fingerprint density at radius 3 is 2.55 bits per heavy atom. The lowest BCUT2D eigenvalue weighted by Gasteiger charge is -2.12. The van der Waals surface area contributed by atoms with Gasteiger partial charge in [0.1, 0.15) is 17.3 Å². The van der Waals surface area contributed by atoms with Crippen LogP contribution >= 0.6 is 15.9 Å². The van der Waals surface area contributed by atoms with Crippen molar-refractivity contribution in [3.05, 3.63) is 52.3 Å². The minimum Gasteiger partial charge on any atom is -0.497 e. The lowest BCUT2D eigenvalue weighted by atomic mass is 10.2. The molecule has 0 unspecified atom stereocenters. The van der Waals surface area contributed by atoms with E-state index in [2.05, 4.69) is 21.2 Å². The van der Waals surface area contributed by atoms with Gasteiger partial charge in [0.15, 0.2) is 0 Å². The highest BCUT2D eigenvalue weighted by atomic mass is 79.9. The zero-order valence-corrected chi connectivity index (χ0v) is 12.8. The van der Waals surface area contributed by atoms with E-state index in [4.69, 9.17) is 9.47 Å². The molecule has 0 heterocycles. The SMILES string of the molecule is COc1ccc(NCc2ccc(F)c(Br)c2)c(OC)c1. The van der Waals surface area contributed by atoms with Gasteiger partial charge in [-0.3, -0.25) is 0 Å². The largest absolute Gasteiger partial charge is 0.497 e. The molecule has 5 heteroatoms. The van der Waals surface area contributed by atoms with E-state index < -0.39 is 0 Å². The highest BCUT2D eigenvalue weighted by Gasteiger charge is 2.05. The van der Waals surface area contributed by atoms with Crippen LogP contribution in [0, 0.1) is 5.82 Å². The number of halogens is 2. The Labute approximate surface area is 125 Å². The molecule has 106 valence electrons. The van der Waals surface area contributed by atoms with Gasteiger partial charge in [-0.15, -0.1) is 0 Å². The van der Waals surface area contributed by atoms with E-state index in [0.717, 1.165) is 17.0 Å². The van der Waals surface area contributed by atoms with Gasteiger partial charge in [-0.2, -0.15) is 0 Å². The standard InChI is InChI=1S/C15H15BrFNO2/c1-19-11-4-6-14(15(8-11)20-2)18-9-10-3-5-13(17)12(16)7-10/h3-8,18H,9H2,1-2H3. The van der Waals surface area contributed by atoms with Crippen molar-refractivity contribution in [1.29, 1.82) is 0 Å². The molecule has 2 aromatic carbocycles. The molecule has 0 amide bonds. The first-order chi connectivity index (χ1) is 9.63. The van der Waals surface area contributed by atoms with Crippen molar-refractivity contribution in [2.75, 3.05) is 19.5 Å². The summed E-state index contributed by atoms with van der Waals surface area (Å²) in [7, 11) is 3.21. The number of rotatable bonds is 5. The Morgan fingerprint density at radius 1 is 1.10 bits per heavy atom. The number of anilines is 1. The van der Waals surface area contributed by atoms with Gasteiger partial charge in [-0.25, -0.2) is 4.39 Å². The quantitative estimate of drug-likeness (QED) is 0.884. The number of ether oxygens (including phenoxy) is 2. The first-order valence-corrected chi connectivity index (χ1v) is 6.83. The zero-order chi connectivity index (χ0) is 14.5. The molecule has 0 aromatic heterocycles. The van der Waals surface area contributed by atoms with Crippen LogP contribution in [0.15, 0.2) is 40.9 Å². The molecule has 0 aliphatic rings. The van der Waals surface area contributed by atoms with Crippen LogP contribution in [0.2, 0.25) is 0 Å². The molecule has 2 rings (SSSR count). The Bertz CT molecular complexity index is 604. The van der Waals surface area contributed by atoms with Crippen molar-refractivity contribution in [1.82, 2.24) is 0 Å². The van der Waals surface area contributed by atoms with E-state index >= 15 is 0 Å². The van der Waals surface area contributed by atoms with E-state index in [1.54, 1.807) is 26.4 Å². The second kappa shape index (κ2) is 6.61. The Balaban J connectivity index is 2.12. The molecular formula is C15H15BrFNO2. The molecule has 1 N–H and O–H groups in total. The minimum atomic E-state index is -0.268. The van der Waals surface area contributed by atoms with Crippen molar-refractivity contribution in [2.24, 2.45) is 0 Å². The average Bonchev–Trinajstić information content (AvgIpc) is 2.48. The van der Waals surface area contributed by atoms with Gasteiger partial charge in [-0.1, -0.05) is 6.07 Å². The van der Waals surface area contributed by atoms with Crippen molar-refractivity contribution in [3.8, 4) is 11.5 Å². The van der Waals surface area contributed by atoms with Crippen LogP contribution in [-0.2, 0) is 6.54 Å². The van der Waals surface area contributed by atoms with Crippen LogP contribution in [0.1, 0.15) is 5.56 Å². The fourth-order valence-corrected chi connectivity index (χ4v) is 2.22. The molecule has 0 bridgehead atoms. The summed E-state index contributed by atoms with van der Waals surface area (Å²) in [5, 5.41) is 3.25. The summed E-state index contributed by atoms with van der Waals surface area (Å²) in [4.78, 5) is 0. The van der Waals surface area contributed by atoms with Gasteiger partial charge in [0.25, 0.3) is 0 Å². The monoisotopic (exact) mass is 339 g/mol. The Morgan fingerprint density at radius 2 is 1.90 bits per heavy atom. The Hall–Kier alpha value is -1.75. The summed E-state index contributed by atoms with van der Waals surface area (Å²) in [6, 6.07) is 10.5. The first kappa shape index (κ1) is 14.7. The van der Waals surface area contributed by atoms with Gasteiger partial charge in [0, 0.05) is 12.6 Å². The van der Waals surface area contributed by atoms with Crippen LogP contribution in [0.3, 0.4) is 0 Å². The summed E-state index contributed by atoms with van der Waals surface area (Å²) in [6.07, 6.45) is 0. The van der Waals surface area contributed by atoms with Gasteiger partial charge in [-0.05, 0) is 45.8 Å². The van der Waals surface area contributed by atoms with Crippen molar-refractivity contribution >= 4 is 21.6 Å². The molecule has 0 aliphatic heterocycles. The van der Waals surface area contributed by atoms with Crippen LogP contribution in [0.25, 0.3) is 0 Å². The topological polar surface area (TPSA) is 30.5 Å². The van der Waals surface area contributed by atoms with E-state index in [1.165, 1.54) is 6.07 Å². The van der Waals surface area contributed by atoms with E-state index in [9.17, 15) is 4.39 Å². The molecule has 0 aliphatic carbocycles. The third-order valence-corrected chi connectivity index (χ3v) is 3.48. The predicted molar refractivity (Wildman–Crippen MR) is 81.0 cm³/mol. The van der Waals surface area contributed by atoms with Gasteiger partial charge >= 0.3 is 0 Å². The van der Waals surface area contributed by atoms with Crippen LogP contribution in [0.5, 0.6) is 11.5 Å².